The third-order valence-electron chi connectivity index (χ3n) is 3.37. The van der Waals surface area contributed by atoms with Crippen molar-refractivity contribution in [2.75, 3.05) is 11.9 Å². The molecule has 1 aromatic heterocycles. The summed E-state index contributed by atoms with van der Waals surface area (Å²) in [5.74, 6) is 1.12. The van der Waals surface area contributed by atoms with Crippen molar-refractivity contribution < 1.29 is 13.5 Å². The van der Waals surface area contributed by atoms with Crippen LogP contribution in [-0.4, -0.2) is 22.9 Å². The van der Waals surface area contributed by atoms with Crippen molar-refractivity contribution in [1.29, 1.82) is 0 Å². The largest absolute Gasteiger partial charge is 0.434 e. The predicted molar refractivity (Wildman–Crippen MR) is 71.3 cm³/mol. The van der Waals surface area contributed by atoms with E-state index in [0.717, 1.165) is 30.0 Å². The minimum absolute atomic E-state index is 0.0881. The number of hydrogen-bond acceptors (Lipinski definition) is 3. The van der Waals surface area contributed by atoms with Crippen LogP contribution in [0, 0.1) is 6.92 Å². The lowest BCUT2D eigenvalue weighted by molar-refractivity contribution is -0.0507. The summed E-state index contributed by atoms with van der Waals surface area (Å²) in [5.41, 5.74) is 1.63. The minimum atomic E-state index is -2.82. The number of halogens is 2. The highest BCUT2D eigenvalue weighted by molar-refractivity contribution is 5.44. The monoisotopic (exact) mass is 279 g/mol. The Morgan fingerprint density at radius 1 is 1.40 bits per heavy atom. The molecule has 2 heterocycles. The van der Waals surface area contributed by atoms with Gasteiger partial charge in [0.2, 0.25) is 0 Å². The first-order valence-electron chi connectivity index (χ1n) is 6.49. The van der Waals surface area contributed by atoms with Crippen molar-refractivity contribution in [3.05, 3.63) is 41.6 Å². The quantitative estimate of drug-likeness (QED) is 0.937. The van der Waals surface area contributed by atoms with Crippen molar-refractivity contribution >= 4 is 5.82 Å². The first-order valence-corrected chi connectivity index (χ1v) is 6.49. The van der Waals surface area contributed by atoms with E-state index in [1.54, 1.807) is 12.1 Å². The number of ether oxygens (including phenoxy) is 1. The normalized spacial score (nSPS) is 17.7. The fourth-order valence-corrected chi connectivity index (χ4v) is 2.59. The van der Waals surface area contributed by atoms with Gasteiger partial charge in [-0.3, -0.25) is 0 Å². The molecule has 3 rings (SSSR count). The maximum atomic E-state index is 12.5. The SMILES string of the molecule is Cc1cc2n(n1)C(c1ccccc1OC(F)F)CCN2. The highest BCUT2D eigenvalue weighted by atomic mass is 19.3. The topological polar surface area (TPSA) is 39.1 Å². The zero-order valence-electron chi connectivity index (χ0n) is 11.0. The van der Waals surface area contributed by atoms with Crippen LogP contribution >= 0.6 is 0 Å². The zero-order chi connectivity index (χ0) is 14.1. The standard InChI is InChI=1S/C14H15F2N3O/c1-9-8-13-17-7-6-11(19(13)18-9)10-4-2-3-5-12(10)20-14(15)16/h2-5,8,11,14,17H,6-7H2,1H3. The van der Waals surface area contributed by atoms with Gasteiger partial charge in [-0.15, -0.1) is 0 Å². The Labute approximate surface area is 115 Å². The van der Waals surface area contributed by atoms with Crippen LogP contribution in [0.3, 0.4) is 0 Å². The molecule has 2 aromatic rings. The van der Waals surface area contributed by atoms with E-state index in [1.807, 2.05) is 29.8 Å². The van der Waals surface area contributed by atoms with Crippen molar-refractivity contribution in [2.24, 2.45) is 0 Å². The summed E-state index contributed by atoms with van der Waals surface area (Å²) in [6, 6.07) is 8.76. The fourth-order valence-electron chi connectivity index (χ4n) is 2.59. The summed E-state index contributed by atoms with van der Waals surface area (Å²) in [6.07, 6.45) is 0.776. The molecule has 0 radical (unpaired) electrons. The Hall–Kier alpha value is -2.11. The van der Waals surface area contributed by atoms with E-state index in [9.17, 15) is 8.78 Å². The number of fused-ring (bicyclic) bond motifs is 1. The second kappa shape index (κ2) is 5.11. The molecule has 0 saturated carbocycles. The predicted octanol–water partition coefficient (Wildman–Crippen LogP) is 3.20. The van der Waals surface area contributed by atoms with Crippen LogP contribution in [0.5, 0.6) is 5.75 Å². The van der Waals surface area contributed by atoms with Crippen molar-refractivity contribution in [1.82, 2.24) is 9.78 Å². The molecular formula is C14H15F2N3O. The van der Waals surface area contributed by atoms with Gasteiger partial charge < -0.3 is 10.1 Å². The third-order valence-corrected chi connectivity index (χ3v) is 3.37. The smallest absolute Gasteiger partial charge is 0.387 e. The van der Waals surface area contributed by atoms with E-state index < -0.39 is 6.61 Å². The Morgan fingerprint density at radius 3 is 3.00 bits per heavy atom. The average molecular weight is 279 g/mol. The number of anilines is 1. The van der Waals surface area contributed by atoms with E-state index in [1.165, 1.54) is 0 Å². The van der Waals surface area contributed by atoms with Gasteiger partial charge in [-0.05, 0) is 19.4 Å². The first kappa shape index (κ1) is 12.9. The van der Waals surface area contributed by atoms with E-state index in [4.69, 9.17) is 0 Å². The van der Waals surface area contributed by atoms with Crippen molar-refractivity contribution in [2.45, 2.75) is 26.0 Å². The molecule has 1 aliphatic rings. The van der Waals surface area contributed by atoms with Crippen LogP contribution in [0.15, 0.2) is 30.3 Å². The van der Waals surface area contributed by atoms with Gasteiger partial charge in [0.1, 0.15) is 11.6 Å². The second-order valence-corrected chi connectivity index (χ2v) is 4.76. The Bertz CT molecular complexity index is 612. The lowest BCUT2D eigenvalue weighted by atomic mass is 10.0. The molecule has 0 aliphatic carbocycles. The summed E-state index contributed by atoms with van der Waals surface area (Å²) in [5, 5.41) is 7.70. The molecule has 0 bridgehead atoms. The summed E-state index contributed by atoms with van der Waals surface area (Å²) in [6.45, 7) is -0.138. The summed E-state index contributed by atoms with van der Waals surface area (Å²) in [7, 11) is 0. The number of hydrogen-bond donors (Lipinski definition) is 1. The van der Waals surface area contributed by atoms with Gasteiger partial charge in [-0.1, -0.05) is 18.2 Å². The minimum Gasteiger partial charge on any atom is -0.434 e. The second-order valence-electron chi connectivity index (χ2n) is 4.76. The van der Waals surface area contributed by atoms with Crippen LogP contribution < -0.4 is 10.1 Å². The number of rotatable bonds is 3. The maximum absolute atomic E-state index is 12.5. The molecule has 0 spiro atoms. The zero-order valence-corrected chi connectivity index (χ0v) is 11.0. The molecule has 0 amide bonds. The lowest BCUT2D eigenvalue weighted by Gasteiger charge is -2.27. The molecule has 106 valence electrons. The Kier molecular flexibility index (Phi) is 3.30. The summed E-state index contributed by atoms with van der Waals surface area (Å²) < 4.78 is 31.5. The van der Waals surface area contributed by atoms with E-state index in [-0.39, 0.29) is 11.8 Å². The molecule has 1 aliphatic heterocycles. The van der Waals surface area contributed by atoms with Gasteiger partial charge >= 0.3 is 6.61 Å². The molecule has 4 nitrogen and oxygen atoms in total. The van der Waals surface area contributed by atoms with Crippen LogP contribution in [0.25, 0.3) is 0 Å². The molecule has 1 atom stereocenters. The number of alkyl halides is 2. The van der Waals surface area contributed by atoms with Crippen LogP contribution in [0.4, 0.5) is 14.6 Å². The molecule has 1 unspecified atom stereocenters. The van der Waals surface area contributed by atoms with Gasteiger partial charge in [0, 0.05) is 18.2 Å². The molecule has 6 heteroatoms. The van der Waals surface area contributed by atoms with E-state index in [0.29, 0.717) is 0 Å². The Morgan fingerprint density at radius 2 is 2.20 bits per heavy atom. The number of aryl methyl sites for hydroxylation is 1. The number of para-hydroxylation sites is 1. The van der Waals surface area contributed by atoms with E-state index >= 15 is 0 Å². The van der Waals surface area contributed by atoms with Crippen LogP contribution in [-0.2, 0) is 0 Å². The third kappa shape index (κ3) is 2.33. The highest BCUT2D eigenvalue weighted by Gasteiger charge is 2.25. The molecule has 0 fully saturated rings. The van der Waals surface area contributed by atoms with Gasteiger partial charge in [-0.2, -0.15) is 13.9 Å². The van der Waals surface area contributed by atoms with Crippen LogP contribution in [0.2, 0.25) is 0 Å². The molecule has 1 aromatic carbocycles. The van der Waals surface area contributed by atoms with Crippen molar-refractivity contribution in [3.63, 3.8) is 0 Å². The Balaban J connectivity index is 2.02. The number of aromatic nitrogens is 2. The van der Waals surface area contributed by atoms with Crippen LogP contribution in [0.1, 0.15) is 23.7 Å². The molecule has 0 saturated heterocycles. The van der Waals surface area contributed by atoms with Gasteiger partial charge in [-0.25, -0.2) is 4.68 Å². The van der Waals surface area contributed by atoms with Gasteiger partial charge in [0.25, 0.3) is 0 Å². The summed E-state index contributed by atoms with van der Waals surface area (Å²) in [4.78, 5) is 0. The summed E-state index contributed by atoms with van der Waals surface area (Å²) >= 11 is 0. The molecular weight excluding hydrogens is 264 g/mol. The lowest BCUT2D eigenvalue weighted by Crippen LogP contribution is -2.25. The number of nitrogens with zero attached hydrogens (tertiary/aromatic N) is 2. The van der Waals surface area contributed by atoms with Gasteiger partial charge in [0.05, 0.1) is 11.7 Å². The maximum Gasteiger partial charge on any atom is 0.387 e. The number of benzene rings is 1. The highest BCUT2D eigenvalue weighted by Crippen LogP contribution is 2.35. The molecule has 20 heavy (non-hydrogen) atoms. The van der Waals surface area contributed by atoms with Gasteiger partial charge in [0.15, 0.2) is 0 Å². The van der Waals surface area contributed by atoms with Crippen molar-refractivity contribution in [3.8, 4) is 5.75 Å². The number of nitrogens with one attached hydrogen (secondary N) is 1. The first-order chi connectivity index (χ1) is 9.65. The van der Waals surface area contributed by atoms with E-state index in [2.05, 4.69) is 15.2 Å². The molecule has 1 N–H and O–H groups in total. The fraction of sp³-hybridized carbons (Fsp3) is 0.357. The average Bonchev–Trinajstić information content (AvgIpc) is 2.79.